The van der Waals surface area contributed by atoms with Crippen LogP contribution in [0.1, 0.15) is 43.7 Å². The van der Waals surface area contributed by atoms with Gasteiger partial charge in [0.2, 0.25) is 6.43 Å². The molecule has 9 nitrogen and oxygen atoms in total. The average Bonchev–Trinajstić information content (AvgIpc) is 2.88. The van der Waals surface area contributed by atoms with Crippen LogP contribution in [0.5, 0.6) is 0 Å². The predicted molar refractivity (Wildman–Crippen MR) is 146 cm³/mol. The zero-order chi connectivity index (χ0) is 26.9. The highest BCUT2D eigenvalue weighted by molar-refractivity contribution is 6.10. The molecule has 0 saturated carbocycles. The van der Waals surface area contributed by atoms with Crippen molar-refractivity contribution in [1.29, 1.82) is 0 Å². The smallest absolute Gasteiger partial charge is 0.240 e. The molecule has 0 aliphatic carbocycles. The largest absolute Gasteiger partial charge is 0.404 e. The molecule has 0 aromatic carbocycles. The maximum absolute atomic E-state index is 12.2. The fourth-order valence-electron chi connectivity index (χ4n) is 4.02. The topological polar surface area (TPSA) is 114 Å². The Morgan fingerprint density at radius 3 is 2.82 bits per heavy atom. The van der Waals surface area contributed by atoms with E-state index in [1.54, 1.807) is 18.6 Å². The first kappa shape index (κ1) is 27.5. The van der Waals surface area contributed by atoms with E-state index in [-0.39, 0.29) is 19.1 Å². The second kappa shape index (κ2) is 13.3. The van der Waals surface area contributed by atoms with Gasteiger partial charge in [-0.05, 0) is 42.2 Å². The van der Waals surface area contributed by atoms with Crippen molar-refractivity contribution in [3.63, 3.8) is 0 Å². The van der Waals surface area contributed by atoms with Crippen molar-refractivity contribution in [2.45, 2.75) is 45.1 Å². The van der Waals surface area contributed by atoms with Gasteiger partial charge in [-0.2, -0.15) is 5.10 Å². The molecule has 3 aromatic heterocycles. The fraction of sp³-hybridized carbons (Fsp3) is 0.444. The van der Waals surface area contributed by atoms with Crippen molar-refractivity contribution < 1.29 is 13.5 Å². The van der Waals surface area contributed by atoms with Crippen LogP contribution >= 0.6 is 0 Å². The number of hydrogen-bond donors (Lipinski definition) is 2. The molecular weight excluding hydrogens is 490 g/mol. The van der Waals surface area contributed by atoms with Crippen LogP contribution in [0.25, 0.3) is 16.6 Å². The first-order valence-electron chi connectivity index (χ1n) is 12.8. The van der Waals surface area contributed by atoms with Crippen LogP contribution in [0.15, 0.2) is 47.9 Å². The molecule has 0 atom stereocenters. The Bertz CT molecular complexity index is 1260. The monoisotopic (exact) mass is 524 g/mol. The van der Waals surface area contributed by atoms with E-state index >= 15 is 0 Å². The number of aromatic nitrogens is 4. The lowest BCUT2D eigenvalue weighted by Crippen LogP contribution is -2.52. The molecule has 0 amide bonds. The Hall–Kier alpha value is -3.57. The molecule has 0 radical (unpaired) electrons. The number of alkyl halides is 2. The van der Waals surface area contributed by atoms with Crippen molar-refractivity contribution in [3.8, 4) is 0 Å². The Kier molecular flexibility index (Phi) is 9.61. The third kappa shape index (κ3) is 7.72. The minimum Gasteiger partial charge on any atom is -0.404 e. The second-order valence-electron chi connectivity index (χ2n) is 9.56. The molecule has 1 saturated heterocycles. The number of likely N-dealkylation sites (tertiary alicyclic amines) is 1. The zero-order valence-corrected chi connectivity index (χ0v) is 21.7. The summed E-state index contributed by atoms with van der Waals surface area (Å²) < 4.78 is 29.8. The van der Waals surface area contributed by atoms with E-state index in [9.17, 15) is 8.78 Å². The van der Waals surface area contributed by atoms with E-state index in [1.807, 2.05) is 24.3 Å². The minimum absolute atomic E-state index is 0.0619. The highest BCUT2D eigenvalue weighted by Gasteiger charge is 2.26. The van der Waals surface area contributed by atoms with Crippen molar-refractivity contribution in [3.05, 3.63) is 54.0 Å². The number of nitrogens with two attached hydrogens (primary N) is 1. The summed E-state index contributed by atoms with van der Waals surface area (Å²) in [5.41, 5.74) is 10.0. The predicted octanol–water partition coefficient (Wildman–Crippen LogP) is 4.40. The summed E-state index contributed by atoms with van der Waals surface area (Å²) in [7, 11) is 0. The number of nitrogens with one attached hydrogen (secondary N) is 1. The van der Waals surface area contributed by atoms with Gasteiger partial charge in [0.15, 0.2) is 5.82 Å². The number of fused-ring (bicyclic) bond motifs is 1. The number of ether oxygens (including phenoxy) is 1. The van der Waals surface area contributed by atoms with Crippen molar-refractivity contribution in [2.24, 2.45) is 10.7 Å². The molecule has 0 spiro atoms. The minimum atomic E-state index is -2.30. The summed E-state index contributed by atoms with van der Waals surface area (Å²) in [6.45, 7) is 7.42. The molecule has 4 rings (SSSR count). The maximum atomic E-state index is 12.2. The van der Waals surface area contributed by atoms with E-state index in [2.05, 4.69) is 44.2 Å². The lowest BCUT2D eigenvalue weighted by atomic mass is 10.1. The summed E-state index contributed by atoms with van der Waals surface area (Å²) in [4.78, 5) is 16.0. The van der Waals surface area contributed by atoms with Crippen molar-refractivity contribution in [1.82, 2.24) is 25.1 Å². The summed E-state index contributed by atoms with van der Waals surface area (Å²) in [5.74, 6) is 1.63. The lowest BCUT2D eigenvalue weighted by Gasteiger charge is -2.38. The third-order valence-electron chi connectivity index (χ3n) is 6.25. The molecule has 0 bridgehead atoms. The molecule has 1 fully saturated rings. The number of anilines is 2. The van der Waals surface area contributed by atoms with Gasteiger partial charge in [0.05, 0.1) is 29.9 Å². The molecule has 0 unspecified atom stereocenters. The second-order valence-corrected chi connectivity index (χ2v) is 9.56. The number of aliphatic imine (C=N–C) groups is 1. The van der Waals surface area contributed by atoms with Crippen LogP contribution in [0.4, 0.5) is 20.4 Å². The molecule has 3 aromatic rings. The molecule has 202 valence electrons. The summed E-state index contributed by atoms with van der Waals surface area (Å²) in [5, 5.41) is 11.4. The quantitative estimate of drug-likeness (QED) is 0.250. The number of allylic oxidation sites excluding steroid dienone is 1. The SMILES string of the molecule is CC(C)c1cnnc(Nc2ccc3ncc(C(C=NCCCN4CC(OCCC(F)F)C4)=CN)cc3n2)c1. The summed E-state index contributed by atoms with van der Waals surface area (Å²) in [6, 6.07) is 7.66. The number of nitrogens with zero attached hydrogens (tertiary/aromatic N) is 6. The van der Waals surface area contributed by atoms with Gasteiger partial charge in [-0.3, -0.25) is 14.9 Å². The van der Waals surface area contributed by atoms with Gasteiger partial charge < -0.3 is 15.8 Å². The van der Waals surface area contributed by atoms with Crippen LogP contribution in [-0.2, 0) is 4.74 Å². The Balaban J connectivity index is 1.29. The number of halogens is 2. The Morgan fingerprint density at radius 2 is 2.05 bits per heavy atom. The van der Waals surface area contributed by atoms with Gasteiger partial charge >= 0.3 is 0 Å². The van der Waals surface area contributed by atoms with Crippen LogP contribution in [0.3, 0.4) is 0 Å². The van der Waals surface area contributed by atoms with Crippen LogP contribution < -0.4 is 11.1 Å². The Labute approximate surface area is 221 Å². The van der Waals surface area contributed by atoms with Gasteiger partial charge in [0.25, 0.3) is 0 Å². The summed E-state index contributed by atoms with van der Waals surface area (Å²) in [6.07, 6.45) is 5.22. The standard InChI is InChI=1S/C27H34F2N8O/c1-18(2)19-11-27(36-33-15-19)35-26-5-4-23-24(34-26)10-20(14-32-23)21(12-30)13-31-7-3-8-37-16-22(17-37)38-9-6-25(28)29/h4-5,10-15,18,22,25H,3,6-9,16-17,30H2,1-2H3,(H,34,35,36). The average molecular weight is 525 g/mol. The zero-order valence-electron chi connectivity index (χ0n) is 21.7. The van der Waals surface area contributed by atoms with Gasteiger partial charge in [-0.25, -0.2) is 13.8 Å². The Morgan fingerprint density at radius 1 is 1.21 bits per heavy atom. The highest BCUT2D eigenvalue weighted by atomic mass is 19.3. The van der Waals surface area contributed by atoms with Gasteiger partial charge in [0.1, 0.15) is 5.82 Å². The van der Waals surface area contributed by atoms with Crippen LogP contribution in [-0.4, -0.2) is 76.6 Å². The van der Waals surface area contributed by atoms with E-state index in [4.69, 9.17) is 15.5 Å². The number of pyridine rings is 2. The molecule has 3 N–H and O–H groups in total. The van der Waals surface area contributed by atoms with Gasteiger partial charge in [-0.15, -0.1) is 5.10 Å². The van der Waals surface area contributed by atoms with Crippen LogP contribution in [0.2, 0.25) is 0 Å². The third-order valence-corrected chi connectivity index (χ3v) is 6.25. The van der Waals surface area contributed by atoms with E-state index in [0.717, 1.165) is 53.8 Å². The first-order chi connectivity index (χ1) is 18.4. The van der Waals surface area contributed by atoms with Crippen molar-refractivity contribution in [2.75, 3.05) is 38.1 Å². The maximum Gasteiger partial charge on any atom is 0.240 e. The number of hydrogen-bond acceptors (Lipinski definition) is 9. The first-order valence-corrected chi connectivity index (χ1v) is 12.8. The molecular formula is C27H34F2N8O. The molecule has 38 heavy (non-hydrogen) atoms. The molecule has 1 aliphatic heterocycles. The fourth-order valence-corrected chi connectivity index (χ4v) is 4.02. The van der Waals surface area contributed by atoms with E-state index in [0.29, 0.717) is 24.1 Å². The lowest BCUT2D eigenvalue weighted by molar-refractivity contribution is -0.0639. The summed E-state index contributed by atoms with van der Waals surface area (Å²) >= 11 is 0. The normalized spacial score (nSPS) is 15.2. The van der Waals surface area contributed by atoms with Crippen molar-refractivity contribution >= 4 is 34.5 Å². The van der Waals surface area contributed by atoms with E-state index in [1.165, 1.54) is 6.20 Å². The molecule has 11 heteroatoms. The van der Waals surface area contributed by atoms with E-state index < -0.39 is 6.43 Å². The van der Waals surface area contributed by atoms with Gasteiger partial charge in [0, 0.05) is 62.3 Å². The van der Waals surface area contributed by atoms with Crippen LogP contribution in [0, 0.1) is 0 Å². The highest BCUT2D eigenvalue weighted by Crippen LogP contribution is 2.22. The molecule has 1 aliphatic rings. The van der Waals surface area contributed by atoms with Gasteiger partial charge in [-0.1, -0.05) is 13.8 Å². The molecule has 4 heterocycles. The number of rotatable bonds is 13.